The van der Waals surface area contributed by atoms with Gasteiger partial charge >= 0.3 is 6.03 Å². The van der Waals surface area contributed by atoms with E-state index in [9.17, 15) is 13.2 Å². The van der Waals surface area contributed by atoms with Gasteiger partial charge in [0.25, 0.3) is 10.0 Å². The highest BCUT2D eigenvalue weighted by Gasteiger charge is 2.19. The molecule has 0 radical (unpaired) electrons. The van der Waals surface area contributed by atoms with E-state index in [2.05, 4.69) is 25.5 Å². The fourth-order valence-electron chi connectivity index (χ4n) is 1.37. The molecule has 0 saturated carbocycles. The third kappa shape index (κ3) is 3.60. The molecule has 2 rings (SSSR count). The molecule has 0 fully saturated rings. The first-order valence-corrected chi connectivity index (χ1v) is 7.23. The molecule has 118 valence electrons. The van der Waals surface area contributed by atoms with Crippen LogP contribution in [0.5, 0.6) is 11.8 Å². The number of nitrogens with one attached hydrogen (secondary N) is 3. The fourth-order valence-corrected chi connectivity index (χ4v) is 2.18. The van der Waals surface area contributed by atoms with Crippen LogP contribution in [0.15, 0.2) is 23.4 Å². The Morgan fingerprint density at radius 3 is 2.36 bits per heavy atom. The summed E-state index contributed by atoms with van der Waals surface area (Å²) in [5, 5.41) is 7.63. The van der Waals surface area contributed by atoms with Crippen molar-refractivity contribution in [2.75, 3.05) is 19.5 Å². The number of hydrogen-bond acceptors (Lipinski definition) is 8. The number of urea groups is 1. The predicted octanol–water partition coefficient (Wildman–Crippen LogP) is -0.273. The first-order valence-electron chi connectivity index (χ1n) is 5.75. The van der Waals surface area contributed by atoms with Crippen molar-refractivity contribution in [1.82, 2.24) is 24.9 Å². The van der Waals surface area contributed by atoms with Gasteiger partial charge in [-0.2, -0.15) is 23.5 Å². The third-order valence-electron chi connectivity index (χ3n) is 2.31. The maximum absolute atomic E-state index is 11.8. The number of nitrogens with zero attached hydrogens (tertiary/aromatic N) is 3. The summed E-state index contributed by atoms with van der Waals surface area (Å²) in [6.45, 7) is 0. The summed E-state index contributed by atoms with van der Waals surface area (Å²) in [6.07, 6.45) is 1.24. The molecule has 0 aliphatic rings. The number of rotatable bonds is 5. The number of amides is 2. The normalized spacial score (nSPS) is 10.8. The van der Waals surface area contributed by atoms with Gasteiger partial charge < -0.3 is 9.47 Å². The second kappa shape index (κ2) is 6.26. The van der Waals surface area contributed by atoms with E-state index in [0.717, 1.165) is 0 Å². The fraction of sp³-hybridized carbons (Fsp3) is 0.200. The molecule has 22 heavy (non-hydrogen) atoms. The number of carbonyl (C=O) groups excluding carboxylic acids is 1. The first-order chi connectivity index (χ1) is 10.4. The van der Waals surface area contributed by atoms with Crippen LogP contribution in [0.25, 0.3) is 0 Å². The van der Waals surface area contributed by atoms with Crippen LogP contribution >= 0.6 is 0 Å². The Balaban J connectivity index is 2.12. The number of ether oxygens (including phenoxy) is 2. The zero-order chi connectivity index (χ0) is 16.2. The smallest absolute Gasteiger partial charge is 0.335 e. The number of aromatic amines is 1. The lowest BCUT2D eigenvalue weighted by Crippen LogP contribution is -2.35. The second-order valence-electron chi connectivity index (χ2n) is 3.76. The summed E-state index contributed by atoms with van der Waals surface area (Å²) in [6, 6.07) is 1.54. The van der Waals surface area contributed by atoms with E-state index in [-0.39, 0.29) is 22.7 Å². The van der Waals surface area contributed by atoms with Gasteiger partial charge in [-0.3, -0.25) is 10.4 Å². The van der Waals surface area contributed by atoms with Gasteiger partial charge in [-0.05, 0) is 6.07 Å². The second-order valence-corrected chi connectivity index (χ2v) is 5.41. The number of anilines is 1. The topological polar surface area (TPSA) is 148 Å². The first kappa shape index (κ1) is 15.5. The van der Waals surface area contributed by atoms with Crippen molar-refractivity contribution in [3.63, 3.8) is 0 Å². The number of methoxy groups -OCH3 is 2. The van der Waals surface area contributed by atoms with E-state index in [1.165, 1.54) is 32.5 Å². The van der Waals surface area contributed by atoms with E-state index >= 15 is 0 Å². The van der Waals surface area contributed by atoms with Gasteiger partial charge in [-0.15, -0.1) is 0 Å². The number of carbonyl (C=O) groups is 1. The minimum Gasteiger partial charge on any atom is -0.481 e. The molecular formula is C10H12N6O5S. The molecule has 2 heterocycles. The largest absolute Gasteiger partial charge is 0.481 e. The summed E-state index contributed by atoms with van der Waals surface area (Å²) in [5.41, 5.74) is 0. The number of aromatic nitrogens is 4. The van der Waals surface area contributed by atoms with E-state index in [4.69, 9.17) is 9.47 Å². The number of H-pyrrole nitrogens is 1. The van der Waals surface area contributed by atoms with Gasteiger partial charge in [-0.25, -0.2) is 9.52 Å². The lowest BCUT2D eigenvalue weighted by atomic mass is 10.6. The zero-order valence-electron chi connectivity index (χ0n) is 11.5. The summed E-state index contributed by atoms with van der Waals surface area (Å²) >= 11 is 0. The molecule has 0 saturated heterocycles. The predicted molar refractivity (Wildman–Crippen MR) is 73.1 cm³/mol. The van der Waals surface area contributed by atoms with Gasteiger partial charge in [0.1, 0.15) is 0 Å². The minimum atomic E-state index is -4.07. The van der Waals surface area contributed by atoms with Crippen LogP contribution in [0.1, 0.15) is 0 Å². The van der Waals surface area contributed by atoms with Crippen LogP contribution in [-0.2, 0) is 10.0 Å². The maximum atomic E-state index is 11.8. The highest BCUT2D eigenvalue weighted by atomic mass is 32.2. The lowest BCUT2D eigenvalue weighted by Gasteiger charge is -2.08. The quantitative estimate of drug-likeness (QED) is 0.679. The Labute approximate surface area is 125 Å². The number of hydrogen-bond donors (Lipinski definition) is 3. The minimum absolute atomic E-state index is 0.138. The third-order valence-corrected chi connectivity index (χ3v) is 3.58. The van der Waals surface area contributed by atoms with E-state index < -0.39 is 16.1 Å². The maximum Gasteiger partial charge on any atom is 0.335 e. The van der Waals surface area contributed by atoms with Crippen molar-refractivity contribution in [2.24, 2.45) is 0 Å². The summed E-state index contributed by atoms with van der Waals surface area (Å²) in [5.74, 6) is 0.0886. The van der Waals surface area contributed by atoms with Crippen LogP contribution in [0.4, 0.5) is 10.7 Å². The molecule has 2 amide bonds. The Morgan fingerprint density at radius 2 is 1.86 bits per heavy atom. The monoisotopic (exact) mass is 328 g/mol. The van der Waals surface area contributed by atoms with Crippen molar-refractivity contribution in [2.45, 2.75) is 5.03 Å². The Hall–Kier alpha value is -2.89. The molecule has 0 bridgehead atoms. The summed E-state index contributed by atoms with van der Waals surface area (Å²) in [4.78, 5) is 19.4. The van der Waals surface area contributed by atoms with Gasteiger partial charge in [0, 0.05) is 0 Å². The van der Waals surface area contributed by atoms with Crippen LogP contribution in [0.2, 0.25) is 0 Å². The molecule has 11 nitrogen and oxygen atoms in total. The van der Waals surface area contributed by atoms with Crippen LogP contribution in [0, 0.1) is 0 Å². The zero-order valence-corrected chi connectivity index (χ0v) is 12.3. The highest BCUT2D eigenvalue weighted by molar-refractivity contribution is 7.90. The molecule has 0 atom stereocenters. The average molecular weight is 328 g/mol. The van der Waals surface area contributed by atoms with Crippen molar-refractivity contribution >= 4 is 22.0 Å². The SMILES string of the molecule is COc1cc(OC)nc(NC(=O)NS(=O)(=O)c2ccn[nH]2)n1. The molecule has 0 aliphatic heterocycles. The van der Waals surface area contributed by atoms with Gasteiger partial charge in [-0.1, -0.05) is 0 Å². The van der Waals surface area contributed by atoms with Crippen LogP contribution in [-0.4, -0.2) is 48.8 Å². The van der Waals surface area contributed by atoms with Crippen molar-refractivity contribution < 1.29 is 22.7 Å². The van der Waals surface area contributed by atoms with Crippen molar-refractivity contribution in [3.8, 4) is 11.8 Å². The Morgan fingerprint density at radius 1 is 1.23 bits per heavy atom. The van der Waals surface area contributed by atoms with Gasteiger partial charge in [0.05, 0.1) is 26.5 Å². The molecule has 12 heteroatoms. The Bertz CT molecular complexity index is 738. The standard InChI is InChI=1S/C10H12N6O5S/c1-20-6-5-7(21-2)13-9(12-6)14-10(17)16-22(18,19)8-3-4-11-15-8/h3-5H,1-2H3,(H,11,15)(H2,12,13,14,16,17). The molecule has 3 N–H and O–H groups in total. The average Bonchev–Trinajstić information content (AvgIpc) is 3.01. The lowest BCUT2D eigenvalue weighted by molar-refractivity contribution is 0.256. The van der Waals surface area contributed by atoms with Crippen molar-refractivity contribution in [1.29, 1.82) is 0 Å². The molecule has 0 aromatic carbocycles. The number of sulfonamides is 1. The van der Waals surface area contributed by atoms with E-state index in [1.807, 2.05) is 0 Å². The molecule has 0 spiro atoms. The molecular weight excluding hydrogens is 316 g/mol. The van der Waals surface area contributed by atoms with Crippen molar-refractivity contribution in [3.05, 3.63) is 18.3 Å². The summed E-state index contributed by atoms with van der Waals surface area (Å²) < 4.78 is 35.2. The molecule has 0 aliphatic carbocycles. The van der Waals surface area contributed by atoms with Crippen LogP contribution < -0.4 is 19.5 Å². The summed E-state index contributed by atoms with van der Waals surface area (Å²) in [7, 11) is -1.33. The van der Waals surface area contributed by atoms with Gasteiger partial charge in [0.2, 0.25) is 17.7 Å². The van der Waals surface area contributed by atoms with E-state index in [1.54, 1.807) is 4.72 Å². The van der Waals surface area contributed by atoms with Gasteiger partial charge in [0.15, 0.2) is 5.03 Å². The highest BCUT2D eigenvalue weighted by Crippen LogP contribution is 2.17. The molecule has 2 aromatic heterocycles. The Kier molecular flexibility index (Phi) is 4.41. The molecule has 2 aromatic rings. The van der Waals surface area contributed by atoms with Crippen LogP contribution in [0.3, 0.4) is 0 Å². The molecule has 0 unspecified atom stereocenters. The van der Waals surface area contributed by atoms with E-state index in [0.29, 0.717) is 0 Å².